The van der Waals surface area contributed by atoms with Crippen LogP contribution in [0.1, 0.15) is 26.2 Å². The Hall–Kier alpha value is -2.70. The number of carboxylic acid groups (broad SMARTS) is 1. The minimum atomic E-state index is -1.33. The number of carboxylic acids is 1. The molecule has 1 amide bonds. The summed E-state index contributed by atoms with van der Waals surface area (Å²) < 4.78 is 4.77. The van der Waals surface area contributed by atoms with Gasteiger partial charge in [-0.05, 0) is 26.2 Å². The molecular formula is C11H20N4O9. The smallest absolute Gasteiger partial charge is 0.407 e. The molecule has 0 saturated heterocycles. The lowest BCUT2D eigenvalue weighted by molar-refractivity contribution is -0.769. The fourth-order valence-electron chi connectivity index (χ4n) is 1.57. The number of alkyl carbamates (subject to hydrolysis) is 1. The fourth-order valence-corrected chi connectivity index (χ4v) is 1.57. The minimum absolute atomic E-state index is 0.186. The molecule has 0 radical (unpaired) electrons. The van der Waals surface area contributed by atoms with Crippen LogP contribution in [0.2, 0.25) is 0 Å². The molecule has 0 bridgehead atoms. The van der Waals surface area contributed by atoms with Gasteiger partial charge in [-0.2, -0.15) is 0 Å². The first kappa shape index (κ1) is 21.3. The summed E-state index contributed by atoms with van der Waals surface area (Å²) in [6.07, 6.45) is -1.73. The molecule has 13 nitrogen and oxygen atoms in total. The Morgan fingerprint density at radius 1 is 1.42 bits per heavy atom. The lowest BCUT2D eigenvalue weighted by Crippen LogP contribution is -2.44. The number of ether oxygens (including phenoxy) is 1. The van der Waals surface area contributed by atoms with Crippen LogP contribution in [0.3, 0.4) is 0 Å². The predicted molar refractivity (Wildman–Crippen MR) is 77.0 cm³/mol. The standard InChI is InChI=1S/C11H20N4O9/c1-7(9(12)10(16)17)23-11(18)13-5-3-2-4-8(6-22-14-19)24-15(20)21/h7-9H,2-6,12H2,1H3,(H,13,18)(H,16,17). The van der Waals surface area contributed by atoms with Crippen LogP contribution in [0.25, 0.3) is 0 Å². The second kappa shape index (κ2) is 11.8. The van der Waals surface area contributed by atoms with Gasteiger partial charge in [-0.15, -0.1) is 15.0 Å². The second-order valence-corrected chi connectivity index (χ2v) is 4.72. The average molecular weight is 352 g/mol. The van der Waals surface area contributed by atoms with E-state index in [9.17, 15) is 24.6 Å². The predicted octanol–water partition coefficient (Wildman–Crippen LogP) is -0.0418. The second-order valence-electron chi connectivity index (χ2n) is 4.72. The summed E-state index contributed by atoms with van der Waals surface area (Å²) in [5, 5.41) is 22.4. The summed E-state index contributed by atoms with van der Waals surface area (Å²) in [6, 6.07) is -1.33. The first-order chi connectivity index (χ1) is 11.3. The first-order valence-corrected chi connectivity index (χ1v) is 6.96. The molecule has 4 N–H and O–H groups in total. The highest BCUT2D eigenvalue weighted by Crippen LogP contribution is 2.06. The van der Waals surface area contributed by atoms with Gasteiger partial charge in [-0.3, -0.25) is 4.79 Å². The number of hydrogen-bond acceptors (Lipinski definition) is 10. The van der Waals surface area contributed by atoms with Crippen molar-refractivity contribution in [3.8, 4) is 0 Å². The molecule has 0 spiro atoms. The Balaban J connectivity index is 3.93. The van der Waals surface area contributed by atoms with E-state index in [2.05, 4.69) is 20.3 Å². The Kier molecular flexibility index (Phi) is 10.5. The maximum absolute atomic E-state index is 11.4. The molecule has 0 rings (SSSR count). The van der Waals surface area contributed by atoms with E-state index in [4.69, 9.17) is 15.6 Å². The first-order valence-electron chi connectivity index (χ1n) is 6.96. The summed E-state index contributed by atoms with van der Waals surface area (Å²) in [6.45, 7) is 1.18. The number of nitrogens with two attached hydrogens (primary N) is 1. The van der Waals surface area contributed by atoms with E-state index in [-0.39, 0.29) is 19.6 Å². The third kappa shape index (κ3) is 10.1. The summed E-state index contributed by atoms with van der Waals surface area (Å²) in [5.41, 5.74) is 5.28. The number of carbonyl (C=O) groups is 2. The monoisotopic (exact) mass is 352 g/mol. The van der Waals surface area contributed by atoms with Gasteiger partial charge < -0.3 is 30.6 Å². The van der Waals surface area contributed by atoms with Crippen LogP contribution >= 0.6 is 0 Å². The van der Waals surface area contributed by atoms with Gasteiger partial charge in [0.15, 0.2) is 5.34 Å². The number of carbonyl (C=O) groups excluding carboxylic acids is 1. The minimum Gasteiger partial charge on any atom is -0.480 e. The van der Waals surface area contributed by atoms with Gasteiger partial charge >= 0.3 is 12.1 Å². The van der Waals surface area contributed by atoms with Crippen molar-refractivity contribution in [2.75, 3.05) is 13.2 Å². The van der Waals surface area contributed by atoms with E-state index in [0.29, 0.717) is 12.8 Å². The van der Waals surface area contributed by atoms with Gasteiger partial charge in [0.2, 0.25) is 0 Å². The van der Waals surface area contributed by atoms with Crippen molar-refractivity contribution in [3.05, 3.63) is 15.0 Å². The molecule has 24 heavy (non-hydrogen) atoms. The highest BCUT2D eigenvalue weighted by atomic mass is 17.0. The summed E-state index contributed by atoms with van der Waals surface area (Å²) >= 11 is 0. The zero-order valence-corrected chi connectivity index (χ0v) is 13.0. The van der Waals surface area contributed by atoms with Crippen molar-refractivity contribution in [2.45, 2.75) is 44.4 Å². The number of nitrogens with one attached hydrogen (secondary N) is 1. The van der Waals surface area contributed by atoms with Crippen molar-refractivity contribution < 1.29 is 34.2 Å². The van der Waals surface area contributed by atoms with Crippen molar-refractivity contribution in [1.29, 1.82) is 0 Å². The largest absolute Gasteiger partial charge is 0.480 e. The van der Waals surface area contributed by atoms with Crippen LogP contribution in [0, 0.1) is 15.0 Å². The maximum atomic E-state index is 11.4. The molecule has 0 aromatic carbocycles. The van der Waals surface area contributed by atoms with Gasteiger partial charge in [0.25, 0.3) is 5.09 Å². The Morgan fingerprint density at radius 3 is 2.62 bits per heavy atom. The van der Waals surface area contributed by atoms with Gasteiger partial charge in [0.1, 0.15) is 24.9 Å². The summed E-state index contributed by atoms with van der Waals surface area (Å²) in [5.74, 6) is -1.29. The SMILES string of the molecule is CC(OC(=O)NCCCCC(CON=O)O[N+](=O)[O-])C(N)C(=O)O. The molecule has 0 aromatic heterocycles. The zero-order chi connectivity index (χ0) is 18.5. The van der Waals surface area contributed by atoms with E-state index >= 15 is 0 Å². The van der Waals surface area contributed by atoms with Gasteiger partial charge in [0, 0.05) is 6.54 Å². The molecule has 0 aliphatic rings. The molecule has 0 saturated carbocycles. The third-order valence-corrected chi connectivity index (χ3v) is 2.85. The van der Waals surface area contributed by atoms with Crippen LogP contribution in [0.15, 0.2) is 5.34 Å². The van der Waals surface area contributed by atoms with Crippen molar-refractivity contribution in [2.24, 2.45) is 11.1 Å². The maximum Gasteiger partial charge on any atom is 0.407 e. The van der Waals surface area contributed by atoms with Crippen molar-refractivity contribution in [1.82, 2.24) is 5.32 Å². The third-order valence-electron chi connectivity index (χ3n) is 2.85. The highest BCUT2D eigenvalue weighted by molar-refractivity contribution is 5.75. The lowest BCUT2D eigenvalue weighted by Gasteiger charge is -2.17. The molecule has 13 heteroatoms. The van der Waals surface area contributed by atoms with Crippen LogP contribution in [0.5, 0.6) is 0 Å². The number of rotatable bonds is 13. The zero-order valence-electron chi connectivity index (χ0n) is 13.0. The number of hydrogen-bond donors (Lipinski definition) is 3. The van der Waals surface area contributed by atoms with E-state index in [1.807, 2.05) is 0 Å². The number of nitrogens with zero attached hydrogens (tertiary/aromatic N) is 2. The van der Waals surface area contributed by atoms with Crippen molar-refractivity contribution >= 4 is 12.1 Å². The highest BCUT2D eigenvalue weighted by Gasteiger charge is 2.23. The fraction of sp³-hybridized carbons (Fsp3) is 0.818. The van der Waals surface area contributed by atoms with E-state index in [0.717, 1.165) is 0 Å². The number of amides is 1. The number of unbranched alkanes of at least 4 members (excludes halogenated alkanes) is 1. The molecular weight excluding hydrogens is 332 g/mol. The molecule has 138 valence electrons. The van der Waals surface area contributed by atoms with Gasteiger partial charge in [-0.25, -0.2) is 4.79 Å². The van der Waals surface area contributed by atoms with Gasteiger partial charge in [-0.1, -0.05) is 0 Å². The quantitative estimate of drug-likeness (QED) is 0.175. The summed E-state index contributed by atoms with van der Waals surface area (Å²) in [7, 11) is 0. The van der Waals surface area contributed by atoms with Crippen LogP contribution in [-0.2, 0) is 19.2 Å². The molecule has 0 aromatic rings. The van der Waals surface area contributed by atoms with E-state index in [1.54, 1.807) is 0 Å². The topological polar surface area (TPSA) is 193 Å². The van der Waals surface area contributed by atoms with Gasteiger partial charge in [0.05, 0.1) is 0 Å². The van der Waals surface area contributed by atoms with Crippen molar-refractivity contribution in [3.63, 3.8) is 0 Å². The lowest BCUT2D eigenvalue weighted by atomic mass is 10.1. The van der Waals surface area contributed by atoms with Crippen LogP contribution in [-0.4, -0.2) is 53.7 Å². The molecule has 3 unspecified atom stereocenters. The molecule has 0 aliphatic heterocycles. The van der Waals surface area contributed by atoms with E-state index in [1.165, 1.54) is 6.92 Å². The summed E-state index contributed by atoms with van der Waals surface area (Å²) in [4.78, 5) is 50.5. The Labute approximate surface area is 136 Å². The molecule has 0 aliphatic carbocycles. The molecule has 3 atom stereocenters. The normalized spacial score (nSPS) is 13.9. The molecule has 0 heterocycles. The van der Waals surface area contributed by atoms with Crippen LogP contribution in [0.4, 0.5) is 4.79 Å². The Morgan fingerprint density at radius 2 is 2.08 bits per heavy atom. The van der Waals surface area contributed by atoms with E-state index < -0.39 is 35.4 Å². The average Bonchev–Trinajstić information content (AvgIpc) is 2.50. The van der Waals surface area contributed by atoms with Crippen LogP contribution < -0.4 is 11.1 Å². The Bertz CT molecular complexity index is 434. The molecule has 0 fully saturated rings. The number of aliphatic carboxylic acids is 1.